The van der Waals surface area contributed by atoms with Crippen LogP contribution >= 0.6 is 0 Å². The number of fused-ring (bicyclic) bond motifs is 2. The van der Waals surface area contributed by atoms with Crippen LogP contribution in [-0.4, -0.2) is 29.8 Å². The van der Waals surface area contributed by atoms with Gasteiger partial charge in [0.2, 0.25) is 6.79 Å². The van der Waals surface area contributed by atoms with Gasteiger partial charge in [0.05, 0.1) is 5.56 Å². The highest BCUT2D eigenvalue weighted by Gasteiger charge is 2.21. The molecular formula is C21H20N2O5. The Morgan fingerprint density at radius 2 is 1.89 bits per heavy atom. The van der Waals surface area contributed by atoms with Crippen molar-refractivity contribution in [2.24, 2.45) is 0 Å². The van der Waals surface area contributed by atoms with Crippen molar-refractivity contribution in [1.29, 1.82) is 0 Å². The van der Waals surface area contributed by atoms with Crippen molar-refractivity contribution in [3.05, 3.63) is 53.2 Å². The molecule has 2 aromatic carbocycles. The fraction of sp³-hybridized carbons (Fsp3) is 0.238. The van der Waals surface area contributed by atoms with E-state index in [-0.39, 0.29) is 6.79 Å². The minimum Gasteiger partial charge on any atom is -0.454 e. The molecule has 1 aromatic heterocycles. The van der Waals surface area contributed by atoms with Crippen molar-refractivity contribution in [1.82, 2.24) is 4.98 Å². The van der Waals surface area contributed by atoms with Gasteiger partial charge in [-0.3, -0.25) is 4.79 Å². The van der Waals surface area contributed by atoms with Crippen molar-refractivity contribution in [3.8, 4) is 11.5 Å². The molecule has 2 heterocycles. The fourth-order valence-corrected chi connectivity index (χ4v) is 3.09. The molecule has 0 radical (unpaired) electrons. The molecule has 1 amide bonds. The monoisotopic (exact) mass is 380 g/mol. The summed E-state index contributed by atoms with van der Waals surface area (Å²) in [5, 5.41) is 3.68. The molecule has 3 aromatic rings. The van der Waals surface area contributed by atoms with E-state index in [4.69, 9.17) is 14.2 Å². The molecule has 28 heavy (non-hydrogen) atoms. The van der Waals surface area contributed by atoms with Gasteiger partial charge in [-0.15, -0.1) is 0 Å². The first-order valence-electron chi connectivity index (χ1n) is 8.93. The van der Waals surface area contributed by atoms with Crippen molar-refractivity contribution in [2.45, 2.75) is 26.9 Å². The van der Waals surface area contributed by atoms with E-state index in [1.54, 1.807) is 30.3 Å². The lowest BCUT2D eigenvalue weighted by atomic mass is 10.1. The van der Waals surface area contributed by atoms with E-state index in [0.29, 0.717) is 22.7 Å². The lowest BCUT2D eigenvalue weighted by Gasteiger charge is -2.14. The highest BCUT2D eigenvalue weighted by molar-refractivity contribution is 5.99. The second-order valence-corrected chi connectivity index (χ2v) is 6.74. The summed E-state index contributed by atoms with van der Waals surface area (Å²) < 4.78 is 15.9. The number of H-pyrrole nitrogens is 1. The molecule has 0 aliphatic carbocycles. The van der Waals surface area contributed by atoms with Crippen LogP contribution in [0.1, 0.15) is 28.5 Å². The third-order valence-electron chi connectivity index (χ3n) is 4.84. The summed E-state index contributed by atoms with van der Waals surface area (Å²) in [5.41, 5.74) is 4.03. The average Bonchev–Trinajstić information content (AvgIpc) is 3.25. The van der Waals surface area contributed by atoms with Gasteiger partial charge in [-0.1, -0.05) is 0 Å². The van der Waals surface area contributed by atoms with E-state index in [0.717, 1.165) is 22.2 Å². The molecule has 1 aliphatic heterocycles. The maximum atomic E-state index is 12.5. The minimum atomic E-state index is -0.956. The van der Waals surface area contributed by atoms with Crippen LogP contribution in [-0.2, 0) is 9.53 Å². The number of anilines is 1. The third kappa shape index (κ3) is 3.26. The van der Waals surface area contributed by atoms with E-state index in [1.165, 1.54) is 6.92 Å². The predicted octanol–water partition coefficient (Wildman–Crippen LogP) is 3.70. The van der Waals surface area contributed by atoms with E-state index in [1.807, 2.05) is 19.9 Å². The summed E-state index contributed by atoms with van der Waals surface area (Å²) in [6.07, 6.45) is -0.956. The number of amides is 1. The lowest BCUT2D eigenvalue weighted by Crippen LogP contribution is -2.30. The molecule has 0 saturated heterocycles. The number of ether oxygens (including phenoxy) is 3. The topological polar surface area (TPSA) is 89.7 Å². The zero-order chi connectivity index (χ0) is 19.8. The average molecular weight is 380 g/mol. The molecule has 0 spiro atoms. The summed E-state index contributed by atoms with van der Waals surface area (Å²) in [7, 11) is 0. The molecule has 0 saturated carbocycles. The van der Waals surface area contributed by atoms with Crippen molar-refractivity contribution in [3.63, 3.8) is 0 Å². The standard InChI is InChI=1S/C21H20N2O5/c1-11-12(2)22-17-6-4-14(8-16(11)17)21(25)28-13(3)20(24)23-15-5-7-18-19(9-15)27-10-26-18/h4-9,13,22H,10H2,1-3H3,(H,23,24)/t13-/m1/s1. The maximum Gasteiger partial charge on any atom is 0.338 e. The smallest absolute Gasteiger partial charge is 0.338 e. The quantitative estimate of drug-likeness (QED) is 0.674. The van der Waals surface area contributed by atoms with Gasteiger partial charge < -0.3 is 24.5 Å². The highest BCUT2D eigenvalue weighted by atomic mass is 16.7. The van der Waals surface area contributed by atoms with Gasteiger partial charge in [0.1, 0.15) is 0 Å². The molecule has 144 valence electrons. The molecule has 0 unspecified atom stereocenters. The van der Waals surface area contributed by atoms with Crippen molar-refractivity contribution < 1.29 is 23.8 Å². The molecule has 7 nitrogen and oxygen atoms in total. The van der Waals surface area contributed by atoms with Crippen LogP contribution in [0.25, 0.3) is 10.9 Å². The molecule has 0 bridgehead atoms. The van der Waals surface area contributed by atoms with Crippen molar-refractivity contribution >= 4 is 28.5 Å². The number of carbonyl (C=O) groups excluding carboxylic acids is 2. The van der Waals surface area contributed by atoms with Gasteiger partial charge in [-0.05, 0) is 56.7 Å². The lowest BCUT2D eigenvalue weighted by molar-refractivity contribution is -0.123. The van der Waals surface area contributed by atoms with E-state index < -0.39 is 18.0 Å². The zero-order valence-corrected chi connectivity index (χ0v) is 15.8. The Bertz CT molecular complexity index is 1090. The van der Waals surface area contributed by atoms with Crippen LogP contribution in [0.3, 0.4) is 0 Å². The third-order valence-corrected chi connectivity index (χ3v) is 4.84. The molecule has 1 atom stereocenters. The van der Waals surface area contributed by atoms with Gasteiger partial charge in [0.15, 0.2) is 17.6 Å². The van der Waals surface area contributed by atoms with Gasteiger partial charge in [-0.2, -0.15) is 0 Å². The number of hydrogen-bond donors (Lipinski definition) is 2. The molecule has 0 fully saturated rings. The number of aryl methyl sites for hydroxylation is 2. The Balaban J connectivity index is 1.43. The Kier molecular flexibility index (Phi) is 4.43. The molecule has 2 N–H and O–H groups in total. The van der Waals surface area contributed by atoms with Gasteiger partial charge in [0, 0.05) is 28.4 Å². The van der Waals surface area contributed by atoms with Crippen molar-refractivity contribution in [2.75, 3.05) is 12.1 Å². The molecule has 1 aliphatic rings. The second-order valence-electron chi connectivity index (χ2n) is 6.74. The van der Waals surface area contributed by atoms with E-state index in [9.17, 15) is 9.59 Å². The van der Waals surface area contributed by atoms with Gasteiger partial charge >= 0.3 is 5.97 Å². The van der Waals surface area contributed by atoms with E-state index >= 15 is 0 Å². The Morgan fingerprint density at radius 1 is 1.11 bits per heavy atom. The van der Waals surface area contributed by atoms with Crippen LogP contribution in [0.15, 0.2) is 36.4 Å². The first-order chi connectivity index (χ1) is 13.4. The Hall–Kier alpha value is -3.48. The summed E-state index contributed by atoms with van der Waals surface area (Å²) in [6.45, 7) is 5.66. The number of hydrogen-bond acceptors (Lipinski definition) is 5. The first kappa shape index (κ1) is 17.9. The summed E-state index contributed by atoms with van der Waals surface area (Å²) >= 11 is 0. The SMILES string of the molecule is Cc1[nH]c2ccc(C(=O)O[C@H](C)C(=O)Nc3ccc4c(c3)OCO4)cc2c1C. The number of carbonyl (C=O) groups is 2. The van der Waals surface area contributed by atoms with Gasteiger partial charge in [-0.25, -0.2) is 4.79 Å². The second kappa shape index (κ2) is 6.92. The number of benzene rings is 2. The highest BCUT2D eigenvalue weighted by Crippen LogP contribution is 2.34. The predicted molar refractivity (Wildman–Crippen MR) is 104 cm³/mol. The normalized spacial score (nSPS) is 13.4. The zero-order valence-electron chi connectivity index (χ0n) is 15.8. The van der Waals surface area contributed by atoms with Gasteiger partial charge in [0.25, 0.3) is 5.91 Å². The number of aromatic nitrogens is 1. The summed E-state index contributed by atoms with van der Waals surface area (Å²) in [6, 6.07) is 10.4. The molecular weight excluding hydrogens is 360 g/mol. The fourth-order valence-electron chi connectivity index (χ4n) is 3.09. The Morgan fingerprint density at radius 3 is 2.71 bits per heavy atom. The number of nitrogens with one attached hydrogen (secondary N) is 2. The largest absolute Gasteiger partial charge is 0.454 e. The molecule has 4 rings (SSSR count). The van der Waals surface area contributed by atoms with Crippen LogP contribution in [0.5, 0.6) is 11.5 Å². The number of aromatic amines is 1. The summed E-state index contributed by atoms with van der Waals surface area (Å²) in [5.74, 6) is 0.214. The van der Waals surface area contributed by atoms with Crippen LogP contribution in [0.2, 0.25) is 0 Å². The number of esters is 1. The minimum absolute atomic E-state index is 0.158. The number of rotatable bonds is 4. The van der Waals surface area contributed by atoms with E-state index in [2.05, 4.69) is 10.3 Å². The van der Waals surface area contributed by atoms with Crippen LogP contribution in [0, 0.1) is 13.8 Å². The Labute approximate surface area is 161 Å². The maximum absolute atomic E-state index is 12.5. The first-order valence-corrected chi connectivity index (χ1v) is 8.93. The molecule has 7 heteroatoms. The summed E-state index contributed by atoms with van der Waals surface area (Å²) in [4.78, 5) is 28.1. The van der Waals surface area contributed by atoms with Crippen LogP contribution in [0.4, 0.5) is 5.69 Å². The van der Waals surface area contributed by atoms with Crippen LogP contribution < -0.4 is 14.8 Å².